The van der Waals surface area contributed by atoms with Crippen LogP contribution in [0.1, 0.15) is 17.0 Å². The van der Waals surface area contributed by atoms with Crippen LogP contribution < -0.4 is 0 Å². The Kier molecular flexibility index (Phi) is 3.12. The SMILES string of the molecule is Cc1ccc(C)c(-c2cnc(CN=[N+]=[N-])o2)c1. The van der Waals surface area contributed by atoms with Gasteiger partial charge in [0.25, 0.3) is 0 Å². The van der Waals surface area contributed by atoms with Crippen LogP contribution in [0, 0.1) is 13.8 Å². The summed E-state index contributed by atoms with van der Waals surface area (Å²) in [6.45, 7) is 4.19. The first-order chi connectivity index (χ1) is 8.20. The molecule has 86 valence electrons. The van der Waals surface area contributed by atoms with Crippen LogP contribution in [-0.2, 0) is 6.54 Å². The summed E-state index contributed by atoms with van der Waals surface area (Å²) in [6, 6.07) is 6.14. The molecule has 5 nitrogen and oxygen atoms in total. The van der Waals surface area contributed by atoms with Crippen molar-refractivity contribution in [3.05, 3.63) is 51.9 Å². The highest BCUT2D eigenvalue weighted by Gasteiger charge is 2.08. The van der Waals surface area contributed by atoms with Crippen molar-refractivity contribution >= 4 is 0 Å². The van der Waals surface area contributed by atoms with Gasteiger partial charge in [-0.2, -0.15) is 0 Å². The Hall–Kier alpha value is -2.26. The van der Waals surface area contributed by atoms with Crippen molar-refractivity contribution < 1.29 is 4.42 Å². The number of aryl methyl sites for hydroxylation is 2. The number of hydrogen-bond donors (Lipinski definition) is 0. The van der Waals surface area contributed by atoms with E-state index in [2.05, 4.69) is 21.1 Å². The van der Waals surface area contributed by atoms with E-state index in [0.717, 1.165) is 11.1 Å². The van der Waals surface area contributed by atoms with Gasteiger partial charge in [-0.25, -0.2) is 4.98 Å². The Labute approximate surface area is 98.7 Å². The van der Waals surface area contributed by atoms with Crippen LogP contribution >= 0.6 is 0 Å². The minimum absolute atomic E-state index is 0.140. The quantitative estimate of drug-likeness (QED) is 0.455. The zero-order valence-electron chi connectivity index (χ0n) is 9.71. The molecule has 17 heavy (non-hydrogen) atoms. The first-order valence-corrected chi connectivity index (χ1v) is 5.24. The second kappa shape index (κ2) is 4.72. The molecule has 0 atom stereocenters. The molecule has 0 aliphatic carbocycles. The third kappa shape index (κ3) is 2.46. The Bertz CT molecular complexity index is 582. The van der Waals surface area contributed by atoms with Gasteiger partial charge in [0.2, 0.25) is 5.89 Å². The van der Waals surface area contributed by atoms with Gasteiger partial charge in [-0.05, 0) is 31.0 Å². The molecule has 0 saturated carbocycles. The number of oxazole rings is 1. The molecule has 0 saturated heterocycles. The van der Waals surface area contributed by atoms with E-state index < -0.39 is 0 Å². The van der Waals surface area contributed by atoms with Crippen molar-refractivity contribution in [3.8, 4) is 11.3 Å². The van der Waals surface area contributed by atoms with Crippen LogP contribution in [0.5, 0.6) is 0 Å². The van der Waals surface area contributed by atoms with Crippen molar-refractivity contribution in [1.82, 2.24) is 4.98 Å². The monoisotopic (exact) mass is 228 g/mol. The molecule has 1 aromatic heterocycles. The lowest BCUT2D eigenvalue weighted by molar-refractivity contribution is 0.509. The van der Waals surface area contributed by atoms with Gasteiger partial charge < -0.3 is 4.42 Å². The van der Waals surface area contributed by atoms with Crippen molar-refractivity contribution in [2.75, 3.05) is 0 Å². The van der Waals surface area contributed by atoms with E-state index in [9.17, 15) is 0 Å². The minimum atomic E-state index is 0.140. The highest BCUT2D eigenvalue weighted by atomic mass is 16.4. The molecule has 2 rings (SSSR count). The Balaban J connectivity index is 2.36. The van der Waals surface area contributed by atoms with E-state index in [1.54, 1.807) is 6.20 Å². The summed E-state index contributed by atoms with van der Waals surface area (Å²) in [5, 5.41) is 3.41. The van der Waals surface area contributed by atoms with E-state index in [1.807, 2.05) is 26.0 Å². The van der Waals surface area contributed by atoms with Crippen molar-refractivity contribution in [1.29, 1.82) is 0 Å². The maximum absolute atomic E-state index is 8.22. The first kappa shape index (κ1) is 11.2. The van der Waals surface area contributed by atoms with Crippen molar-refractivity contribution in [2.24, 2.45) is 5.11 Å². The average Bonchev–Trinajstić information content (AvgIpc) is 2.78. The lowest BCUT2D eigenvalue weighted by atomic mass is 10.0. The van der Waals surface area contributed by atoms with Gasteiger partial charge in [0.15, 0.2) is 5.76 Å². The van der Waals surface area contributed by atoms with Gasteiger partial charge in [-0.1, -0.05) is 22.8 Å². The molecule has 0 radical (unpaired) electrons. The third-order valence-corrected chi connectivity index (χ3v) is 2.48. The largest absolute Gasteiger partial charge is 0.441 e. The summed E-state index contributed by atoms with van der Waals surface area (Å²) >= 11 is 0. The maximum Gasteiger partial charge on any atom is 0.200 e. The number of hydrogen-bond acceptors (Lipinski definition) is 3. The van der Waals surface area contributed by atoms with Crippen molar-refractivity contribution in [3.63, 3.8) is 0 Å². The fourth-order valence-electron chi connectivity index (χ4n) is 1.60. The van der Waals surface area contributed by atoms with E-state index in [-0.39, 0.29) is 6.54 Å². The smallest absolute Gasteiger partial charge is 0.200 e. The van der Waals surface area contributed by atoms with Gasteiger partial charge in [0.1, 0.15) is 6.54 Å². The zero-order chi connectivity index (χ0) is 12.3. The van der Waals surface area contributed by atoms with Crippen molar-refractivity contribution in [2.45, 2.75) is 20.4 Å². The number of aromatic nitrogens is 1. The summed E-state index contributed by atoms with van der Waals surface area (Å²) in [5.74, 6) is 1.13. The molecular weight excluding hydrogens is 216 g/mol. The molecule has 0 unspecified atom stereocenters. The first-order valence-electron chi connectivity index (χ1n) is 5.24. The number of azide groups is 1. The molecule has 2 aromatic rings. The predicted octanol–water partition coefficient (Wildman–Crippen LogP) is 3.77. The number of nitrogens with zero attached hydrogens (tertiary/aromatic N) is 4. The molecule has 0 spiro atoms. The van der Waals surface area contributed by atoms with E-state index in [1.165, 1.54) is 5.56 Å². The zero-order valence-corrected chi connectivity index (χ0v) is 9.71. The van der Waals surface area contributed by atoms with Crippen LogP contribution in [-0.4, -0.2) is 4.98 Å². The standard InChI is InChI=1S/C12H12N4O/c1-8-3-4-9(2)10(5-8)11-6-14-12(17-11)7-15-16-13/h3-6H,7H2,1-2H3. The summed E-state index contributed by atoms with van der Waals surface area (Å²) in [5.41, 5.74) is 11.5. The average molecular weight is 228 g/mol. The minimum Gasteiger partial charge on any atom is -0.441 e. The molecule has 0 fully saturated rings. The molecular formula is C12H12N4O. The fraction of sp³-hybridized carbons (Fsp3) is 0.250. The highest BCUT2D eigenvalue weighted by Crippen LogP contribution is 2.25. The van der Waals surface area contributed by atoms with Crippen LogP contribution in [0.2, 0.25) is 0 Å². The molecule has 5 heteroatoms. The summed E-state index contributed by atoms with van der Waals surface area (Å²) < 4.78 is 5.53. The molecule has 0 N–H and O–H groups in total. The van der Waals surface area contributed by atoms with Gasteiger partial charge in [-0.15, -0.1) is 0 Å². The molecule has 1 heterocycles. The third-order valence-electron chi connectivity index (χ3n) is 2.48. The molecule has 0 aliphatic heterocycles. The molecule has 0 aliphatic rings. The van der Waals surface area contributed by atoms with E-state index in [4.69, 9.17) is 9.95 Å². The van der Waals surface area contributed by atoms with Gasteiger partial charge >= 0.3 is 0 Å². The second-order valence-corrected chi connectivity index (χ2v) is 3.83. The Morgan fingerprint density at radius 2 is 2.24 bits per heavy atom. The summed E-state index contributed by atoms with van der Waals surface area (Å²) in [7, 11) is 0. The normalized spacial score (nSPS) is 10.0. The highest BCUT2D eigenvalue weighted by molar-refractivity contribution is 5.62. The van der Waals surface area contributed by atoms with Gasteiger partial charge in [0.05, 0.1) is 6.20 Å². The lowest BCUT2D eigenvalue weighted by Crippen LogP contribution is -1.82. The van der Waals surface area contributed by atoms with Gasteiger partial charge in [-0.3, -0.25) is 0 Å². The summed E-state index contributed by atoms with van der Waals surface area (Å²) in [6.07, 6.45) is 1.66. The van der Waals surface area contributed by atoms with E-state index in [0.29, 0.717) is 11.7 Å². The summed E-state index contributed by atoms with van der Waals surface area (Å²) in [4.78, 5) is 6.74. The van der Waals surface area contributed by atoms with Crippen LogP contribution in [0.15, 0.2) is 33.9 Å². The van der Waals surface area contributed by atoms with Crippen LogP contribution in [0.3, 0.4) is 0 Å². The molecule has 1 aromatic carbocycles. The fourth-order valence-corrected chi connectivity index (χ4v) is 1.60. The second-order valence-electron chi connectivity index (χ2n) is 3.83. The number of rotatable bonds is 3. The Morgan fingerprint density at radius 3 is 3.00 bits per heavy atom. The van der Waals surface area contributed by atoms with Gasteiger partial charge in [0, 0.05) is 10.5 Å². The maximum atomic E-state index is 8.22. The lowest BCUT2D eigenvalue weighted by Gasteiger charge is -2.02. The van der Waals surface area contributed by atoms with Crippen LogP contribution in [0.4, 0.5) is 0 Å². The number of benzene rings is 1. The van der Waals surface area contributed by atoms with Crippen LogP contribution in [0.25, 0.3) is 21.8 Å². The topological polar surface area (TPSA) is 74.8 Å². The molecule has 0 amide bonds. The Morgan fingerprint density at radius 1 is 1.41 bits per heavy atom. The van der Waals surface area contributed by atoms with E-state index >= 15 is 0 Å². The molecule has 0 bridgehead atoms. The predicted molar refractivity (Wildman–Crippen MR) is 64.3 cm³/mol.